The number of esters is 3. The fourth-order valence-electron chi connectivity index (χ4n) is 14.2. The average Bonchev–Trinajstić information content (AvgIpc) is 3.97. The first-order valence-corrected chi connectivity index (χ1v) is 24.4. The number of benzene rings is 3. The number of likely N-dealkylation sites (N-methyl/N-ethyl adjacent to an activating group) is 1. The topological polar surface area (TPSA) is 154 Å². The van der Waals surface area contributed by atoms with Gasteiger partial charge in [0.25, 0.3) is 0 Å². The largest absolute Gasteiger partial charge is 0.508 e. The number of phenols is 1. The molecule has 2 bridgehead atoms. The lowest BCUT2D eigenvalue weighted by atomic mass is 9.47. The number of anilines is 1. The van der Waals surface area contributed by atoms with Crippen LogP contribution in [0.25, 0.3) is 10.9 Å². The maximum atomic E-state index is 15.6. The van der Waals surface area contributed by atoms with Crippen LogP contribution in [0.4, 0.5) is 14.5 Å². The zero-order valence-corrected chi connectivity index (χ0v) is 40.4. The number of halogens is 2. The molecule has 6 aliphatic rings. The number of nitrogens with zero attached hydrogens (tertiary/aromatic N) is 3. The Morgan fingerprint density at radius 1 is 0.971 bits per heavy atom. The molecule has 0 amide bonds. The molecule has 10 rings (SSSR count). The quantitative estimate of drug-likeness (QED) is 0.0900. The van der Waals surface area contributed by atoms with Crippen LogP contribution in [0, 0.1) is 17.3 Å². The van der Waals surface area contributed by atoms with E-state index in [-0.39, 0.29) is 31.1 Å². The summed E-state index contributed by atoms with van der Waals surface area (Å²) in [7, 11) is 5.92. The van der Waals surface area contributed by atoms with Crippen LogP contribution in [0.2, 0.25) is 0 Å². The number of alkyl halides is 2. The van der Waals surface area contributed by atoms with Crippen LogP contribution >= 0.6 is 11.8 Å². The number of methoxy groups -OCH3 is 3. The Hall–Kier alpha value is -5.16. The molecule has 3 fully saturated rings. The summed E-state index contributed by atoms with van der Waals surface area (Å²) in [4.78, 5) is 55.0. The molecule has 3 aromatic carbocycles. The summed E-state index contributed by atoms with van der Waals surface area (Å²) in [5, 5.41) is 24.6. The van der Waals surface area contributed by atoms with E-state index in [0.29, 0.717) is 68.1 Å². The number of carbonyl (C=O) groups is 3. The fraction of sp³-hybridized carbons (Fsp3) is 0.519. The number of phenolic OH excluding ortho intramolecular Hbond substituents is 1. The number of H-pyrrole nitrogens is 1. The van der Waals surface area contributed by atoms with Gasteiger partial charge < -0.3 is 43.9 Å². The van der Waals surface area contributed by atoms with Gasteiger partial charge in [-0.05, 0) is 105 Å². The van der Waals surface area contributed by atoms with Gasteiger partial charge in [-0.3, -0.25) is 14.5 Å². The minimum absolute atomic E-state index is 0.104. The zero-order valence-electron chi connectivity index (χ0n) is 39.6. The molecule has 5 aliphatic heterocycles. The number of carbonyl (C=O) groups excluding carboxylic acids is 3. The van der Waals surface area contributed by atoms with Crippen molar-refractivity contribution in [2.45, 2.75) is 103 Å². The van der Waals surface area contributed by atoms with Crippen molar-refractivity contribution in [1.29, 1.82) is 0 Å². The van der Waals surface area contributed by atoms with E-state index in [1.807, 2.05) is 61.4 Å². The fourth-order valence-corrected chi connectivity index (χ4v) is 15.1. The molecule has 362 valence electrons. The van der Waals surface area contributed by atoms with Gasteiger partial charge in [0, 0.05) is 107 Å². The molecule has 5 unspecified atom stereocenters. The first kappa shape index (κ1) is 46.6. The van der Waals surface area contributed by atoms with Crippen LogP contribution in [0.5, 0.6) is 11.5 Å². The number of aromatic hydroxyl groups is 1. The molecule has 0 radical (unpaired) electrons. The minimum atomic E-state index is -2.97. The maximum absolute atomic E-state index is 15.6. The minimum Gasteiger partial charge on any atom is -0.508 e. The van der Waals surface area contributed by atoms with E-state index < -0.39 is 69.8 Å². The van der Waals surface area contributed by atoms with Crippen molar-refractivity contribution in [1.82, 2.24) is 14.8 Å². The molecule has 1 saturated carbocycles. The van der Waals surface area contributed by atoms with Crippen LogP contribution in [0.15, 0.2) is 76.5 Å². The van der Waals surface area contributed by atoms with E-state index in [9.17, 15) is 19.8 Å². The summed E-state index contributed by atoms with van der Waals surface area (Å²) < 4.78 is 55.1. The number of piperidine rings is 1. The van der Waals surface area contributed by atoms with Gasteiger partial charge in [-0.25, -0.2) is 13.6 Å². The lowest BCUT2D eigenvalue weighted by molar-refractivity contribution is -0.228. The van der Waals surface area contributed by atoms with E-state index in [1.165, 1.54) is 40.0 Å². The van der Waals surface area contributed by atoms with Crippen molar-refractivity contribution in [2.24, 2.45) is 17.3 Å². The van der Waals surface area contributed by atoms with Gasteiger partial charge in [0.1, 0.15) is 16.9 Å². The van der Waals surface area contributed by atoms with Gasteiger partial charge in [0.15, 0.2) is 6.10 Å². The van der Waals surface area contributed by atoms with E-state index in [1.54, 1.807) is 18.2 Å². The van der Waals surface area contributed by atoms with Gasteiger partial charge in [0.05, 0.1) is 27.4 Å². The summed E-state index contributed by atoms with van der Waals surface area (Å²) in [5.74, 6) is -6.00. The van der Waals surface area contributed by atoms with Crippen LogP contribution in [-0.4, -0.2) is 134 Å². The third-order valence-electron chi connectivity index (χ3n) is 16.7. The Kier molecular flexibility index (Phi) is 11.3. The maximum Gasteiger partial charge on any atom is 0.344 e. The smallest absolute Gasteiger partial charge is 0.344 e. The molecular formula is C52H60F2N4O9S. The summed E-state index contributed by atoms with van der Waals surface area (Å²) in [5.41, 5.74) is -1.98. The first-order valence-electron chi connectivity index (χ1n) is 23.6. The highest BCUT2D eigenvalue weighted by Crippen LogP contribution is 2.68. The lowest BCUT2D eigenvalue weighted by Gasteiger charge is -2.63. The molecule has 1 aliphatic carbocycles. The molecule has 2 saturated heterocycles. The van der Waals surface area contributed by atoms with Crippen molar-refractivity contribution < 1.29 is 52.3 Å². The number of aromatic nitrogens is 1. The van der Waals surface area contributed by atoms with Gasteiger partial charge in [-0.1, -0.05) is 36.9 Å². The lowest BCUT2D eigenvalue weighted by Crippen LogP contribution is -2.81. The number of ether oxygens (including phenoxy) is 4. The highest BCUT2D eigenvalue weighted by atomic mass is 32.2. The first-order chi connectivity index (χ1) is 32.4. The Bertz CT molecular complexity index is 2740. The normalized spacial score (nSPS) is 32.8. The van der Waals surface area contributed by atoms with Gasteiger partial charge in [0.2, 0.25) is 11.5 Å². The SMILES string of the molecule is CC[C@]12C=CCN3CC[C@@]4(c5cc([C@@]6(C(=O)OC)CC7CC(C(C)(F)F)CN(CCc8c6[nH]c6ccc(Sc9cccc(O)c9)cc86)C7)c(OC)cc5N(C)C4[C@@](O)(C(=O)OC)[C@@H]1OC(C)=O)C32. The average molecular weight is 955 g/mol. The number of fused-ring (bicyclic) bond motifs is 6. The highest BCUT2D eigenvalue weighted by Gasteiger charge is 2.80. The summed E-state index contributed by atoms with van der Waals surface area (Å²) in [6.45, 7) is 6.58. The Balaban J connectivity index is 1.25. The second-order valence-corrected chi connectivity index (χ2v) is 21.2. The predicted octanol–water partition coefficient (Wildman–Crippen LogP) is 6.98. The molecule has 3 N–H and O–H groups in total. The third-order valence-corrected chi connectivity index (χ3v) is 17.7. The summed E-state index contributed by atoms with van der Waals surface area (Å²) in [6, 6.07) is 15.5. The summed E-state index contributed by atoms with van der Waals surface area (Å²) >= 11 is 1.49. The van der Waals surface area contributed by atoms with Crippen LogP contribution in [0.3, 0.4) is 0 Å². The second kappa shape index (κ2) is 16.5. The number of hydrogen-bond donors (Lipinski definition) is 3. The number of aromatic amines is 1. The Morgan fingerprint density at radius 2 is 1.74 bits per heavy atom. The van der Waals surface area contributed by atoms with Crippen molar-refractivity contribution in [3.05, 3.63) is 89.1 Å². The van der Waals surface area contributed by atoms with Crippen molar-refractivity contribution in [3.8, 4) is 11.5 Å². The van der Waals surface area contributed by atoms with Crippen LogP contribution in [-0.2, 0) is 45.8 Å². The molecule has 6 heterocycles. The van der Waals surface area contributed by atoms with Crippen molar-refractivity contribution in [3.63, 3.8) is 0 Å². The van der Waals surface area contributed by atoms with E-state index in [4.69, 9.17) is 18.9 Å². The Labute approximate surface area is 399 Å². The molecule has 16 heteroatoms. The number of aliphatic hydroxyl groups is 1. The van der Waals surface area contributed by atoms with Crippen molar-refractivity contribution >= 4 is 46.3 Å². The van der Waals surface area contributed by atoms with Gasteiger partial charge in [-0.2, -0.15) is 0 Å². The van der Waals surface area contributed by atoms with Crippen LogP contribution < -0.4 is 9.64 Å². The third kappa shape index (κ3) is 6.59. The van der Waals surface area contributed by atoms with Crippen LogP contribution in [0.1, 0.15) is 68.8 Å². The molecule has 1 aromatic heterocycles. The van der Waals surface area contributed by atoms with E-state index in [0.717, 1.165) is 38.7 Å². The number of rotatable bonds is 9. The molecule has 68 heavy (non-hydrogen) atoms. The van der Waals surface area contributed by atoms with E-state index >= 15 is 13.6 Å². The van der Waals surface area contributed by atoms with Gasteiger partial charge in [-0.15, -0.1) is 0 Å². The highest BCUT2D eigenvalue weighted by molar-refractivity contribution is 7.99. The zero-order chi connectivity index (χ0) is 48.3. The second-order valence-electron chi connectivity index (χ2n) is 20.1. The molecule has 4 aromatic rings. The monoisotopic (exact) mass is 954 g/mol. The van der Waals surface area contributed by atoms with E-state index in [2.05, 4.69) is 20.9 Å². The van der Waals surface area contributed by atoms with Gasteiger partial charge >= 0.3 is 17.9 Å². The van der Waals surface area contributed by atoms with Crippen molar-refractivity contribution in [2.75, 3.05) is 66.0 Å². The Morgan fingerprint density at radius 3 is 2.43 bits per heavy atom. The molecular weight excluding hydrogens is 895 g/mol. The molecule has 10 atom stereocenters. The number of hydrogen-bond acceptors (Lipinski definition) is 13. The molecule has 13 nitrogen and oxygen atoms in total. The predicted molar refractivity (Wildman–Crippen MR) is 252 cm³/mol. The number of nitrogens with one attached hydrogen (secondary N) is 1. The summed E-state index contributed by atoms with van der Waals surface area (Å²) in [6.07, 6.45) is 4.29. The molecule has 1 spiro atoms. The standard InChI is InChI=1S/C52H60F2N4O9S/c1-8-49-16-10-18-58-20-17-50(43(49)58)37-24-38(41(64-5)25-40(37)56(4)44(50)52(63,47(62)66-7)45(49)67-29(2)59)51(46(61)65-6)26-30-21-31(48(3,53)54)28-57(27-30)19-15-35-36-23-34(13-14-39(36)55-42(35)51)68-33-12-9-11-32(60)22-33/h9-14,16,22-25,30-31,43-45,55,60,63H,8,15,17-21,26-28H2,1-7H3/t30?,31?,43?,44?,45-,49-,50-,51+,52+/m1/s1.